The Morgan fingerprint density at radius 3 is 2.16 bits per heavy atom. The number of carbonyl (C=O) groups is 3. The first kappa shape index (κ1) is 23.4. The van der Waals surface area contributed by atoms with Gasteiger partial charge < -0.3 is 14.2 Å². The minimum absolute atomic E-state index is 0.135. The third-order valence-electron chi connectivity index (χ3n) is 4.35. The molecule has 0 saturated carbocycles. The van der Waals surface area contributed by atoms with Gasteiger partial charge in [0.2, 0.25) is 0 Å². The van der Waals surface area contributed by atoms with Crippen LogP contribution in [-0.4, -0.2) is 41.1 Å². The van der Waals surface area contributed by atoms with Crippen LogP contribution >= 0.6 is 35.0 Å². The average Bonchev–Trinajstić information content (AvgIpc) is 2.96. The van der Waals surface area contributed by atoms with E-state index < -0.39 is 41.1 Å². The maximum atomic E-state index is 15.0. The fraction of sp³-hybridized carbons (Fsp3) is 0.286. The number of benzene rings is 2. The molecule has 10 heteroatoms. The van der Waals surface area contributed by atoms with E-state index in [0.29, 0.717) is 15.6 Å². The minimum atomic E-state index is -1.91. The van der Waals surface area contributed by atoms with Gasteiger partial charge in [0.05, 0.1) is 11.1 Å². The zero-order chi connectivity index (χ0) is 22.7. The average molecular weight is 487 g/mol. The molecule has 6 nitrogen and oxygen atoms in total. The van der Waals surface area contributed by atoms with Crippen molar-refractivity contribution in [3.63, 3.8) is 0 Å². The number of ether oxygens (including phenoxy) is 3. The van der Waals surface area contributed by atoms with Gasteiger partial charge in [0.15, 0.2) is 23.1 Å². The van der Waals surface area contributed by atoms with Gasteiger partial charge in [-0.15, -0.1) is 0 Å². The number of rotatable bonds is 5. The summed E-state index contributed by atoms with van der Waals surface area (Å²) in [6.45, 7) is 2.79. The highest BCUT2D eigenvalue weighted by Gasteiger charge is 2.51. The molecule has 1 saturated heterocycles. The Labute approximate surface area is 191 Å². The molecule has 0 bridgehead atoms. The van der Waals surface area contributed by atoms with Crippen molar-refractivity contribution in [2.75, 3.05) is 0 Å². The largest absolute Gasteiger partial charge is 0.451 e. The SMILES string of the molecule is CC(=O)O[C@@H]1S[C@@H](OC(=O)c2ccc(Cl)cc2C)[C@@H](OC(=O)c2ccc(Cl)cc2)[C@@H]1F. The van der Waals surface area contributed by atoms with E-state index in [-0.39, 0.29) is 11.1 Å². The predicted octanol–water partition coefficient (Wildman–Crippen LogP) is 4.98. The molecule has 1 aliphatic heterocycles. The van der Waals surface area contributed by atoms with Crippen LogP contribution < -0.4 is 0 Å². The number of aryl methyl sites for hydroxylation is 1. The van der Waals surface area contributed by atoms with Gasteiger partial charge in [-0.1, -0.05) is 35.0 Å². The topological polar surface area (TPSA) is 78.9 Å². The Morgan fingerprint density at radius 1 is 0.903 bits per heavy atom. The van der Waals surface area contributed by atoms with Crippen LogP contribution in [-0.2, 0) is 19.0 Å². The third-order valence-corrected chi connectivity index (χ3v) is 6.09. The smallest absolute Gasteiger partial charge is 0.339 e. The molecule has 0 aliphatic carbocycles. The van der Waals surface area contributed by atoms with Gasteiger partial charge in [0, 0.05) is 17.0 Å². The number of thioether (sulfide) groups is 1. The lowest BCUT2D eigenvalue weighted by Gasteiger charge is -2.21. The van der Waals surface area contributed by atoms with Gasteiger partial charge in [0.25, 0.3) is 0 Å². The summed E-state index contributed by atoms with van der Waals surface area (Å²) in [6, 6.07) is 10.4. The number of esters is 3. The van der Waals surface area contributed by atoms with Gasteiger partial charge in [-0.2, -0.15) is 0 Å². The predicted molar refractivity (Wildman–Crippen MR) is 114 cm³/mol. The van der Waals surface area contributed by atoms with Gasteiger partial charge in [-0.05, 0) is 55.0 Å². The molecule has 1 fully saturated rings. The zero-order valence-electron chi connectivity index (χ0n) is 16.3. The van der Waals surface area contributed by atoms with Gasteiger partial charge >= 0.3 is 17.9 Å². The van der Waals surface area contributed by atoms with E-state index in [0.717, 1.165) is 18.7 Å². The van der Waals surface area contributed by atoms with Crippen molar-refractivity contribution in [2.24, 2.45) is 0 Å². The second-order valence-electron chi connectivity index (χ2n) is 6.67. The van der Waals surface area contributed by atoms with Crippen LogP contribution in [0, 0.1) is 6.92 Å². The van der Waals surface area contributed by atoms with E-state index in [1.807, 2.05) is 0 Å². The van der Waals surface area contributed by atoms with Gasteiger partial charge in [-0.25, -0.2) is 14.0 Å². The first-order valence-electron chi connectivity index (χ1n) is 9.06. The molecule has 0 aromatic heterocycles. The summed E-state index contributed by atoms with van der Waals surface area (Å²) in [4.78, 5) is 36.4. The van der Waals surface area contributed by atoms with E-state index in [9.17, 15) is 18.8 Å². The normalized spacial score (nSPS) is 22.6. The molecule has 0 amide bonds. The summed E-state index contributed by atoms with van der Waals surface area (Å²) in [6.07, 6.45) is -3.40. The Morgan fingerprint density at radius 2 is 1.55 bits per heavy atom. The van der Waals surface area contributed by atoms with Crippen molar-refractivity contribution in [1.82, 2.24) is 0 Å². The molecule has 2 aromatic rings. The summed E-state index contributed by atoms with van der Waals surface area (Å²) in [5, 5.41) is 0.856. The Bertz CT molecular complexity index is 1000. The van der Waals surface area contributed by atoms with Crippen LogP contribution in [0.1, 0.15) is 33.2 Å². The van der Waals surface area contributed by atoms with Crippen molar-refractivity contribution in [3.05, 3.63) is 69.2 Å². The summed E-state index contributed by atoms with van der Waals surface area (Å²) < 4.78 is 30.6. The maximum absolute atomic E-state index is 15.0. The lowest BCUT2D eigenvalue weighted by Crippen LogP contribution is -2.37. The molecular weight excluding hydrogens is 470 g/mol. The van der Waals surface area contributed by atoms with Crippen LogP contribution in [0.25, 0.3) is 0 Å². The molecule has 1 heterocycles. The Balaban J connectivity index is 1.80. The fourth-order valence-electron chi connectivity index (χ4n) is 2.86. The van der Waals surface area contributed by atoms with E-state index in [2.05, 4.69) is 0 Å². The number of halogens is 3. The molecule has 0 spiro atoms. The van der Waals surface area contributed by atoms with Gasteiger partial charge in [-0.3, -0.25) is 4.79 Å². The minimum Gasteiger partial charge on any atom is -0.451 e. The van der Waals surface area contributed by atoms with Crippen molar-refractivity contribution in [3.8, 4) is 0 Å². The van der Waals surface area contributed by atoms with E-state index >= 15 is 0 Å². The fourth-order valence-corrected chi connectivity index (χ4v) is 4.48. The van der Waals surface area contributed by atoms with E-state index in [1.54, 1.807) is 13.0 Å². The molecule has 0 N–H and O–H groups in total. The van der Waals surface area contributed by atoms with Crippen molar-refractivity contribution >= 4 is 52.9 Å². The number of hydrogen-bond acceptors (Lipinski definition) is 7. The second kappa shape index (κ2) is 9.89. The number of alkyl halides is 1. The summed E-state index contributed by atoms with van der Waals surface area (Å²) in [5.74, 6) is -2.31. The lowest BCUT2D eigenvalue weighted by atomic mass is 10.1. The van der Waals surface area contributed by atoms with E-state index in [1.165, 1.54) is 36.4 Å². The first-order chi connectivity index (χ1) is 14.7. The highest BCUT2D eigenvalue weighted by Crippen LogP contribution is 2.40. The summed E-state index contributed by atoms with van der Waals surface area (Å²) >= 11 is 12.5. The van der Waals surface area contributed by atoms with Crippen LogP contribution in [0.3, 0.4) is 0 Å². The number of hydrogen-bond donors (Lipinski definition) is 0. The molecule has 0 unspecified atom stereocenters. The van der Waals surface area contributed by atoms with Crippen molar-refractivity contribution in [2.45, 2.75) is 37.0 Å². The monoisotopic (exact) mass is 486 g/mol. The molecule has 0 radical (unpaired) electrons. The zero-order valence-corrected chi connectivity index (χ0v) is 18.7. The molecule has 2 aromatic carbocycles. The highest BCUT2D eigenvalue weighted by molar-refractivity contribution is 8.00. The second-order valence-corrected chi connectivity index (χ2v) is 8.74. The highest BCUT2D eigenvalue weighted by atomic mass is 35.5. The quantitative estimate of drug-likeness (QED) is 0.435. The van der Waals surface area contributed by atoms with Crippen LogP contribution in [0.5, 0.6) is 0 Å². The van der Waals surface area contributed by atoms with Gasteiger partial charge in [0.1, 0.15) is 0 Å². The Kier molecular flexibility index (Phi) is 7.46. The standard InChI is InChI=1S/C21H17Cl2FO6S/c1-10-9-14(23)7-8-15(10)19(27)30-21-17(16(24)20(31-21)28-11(2)25)29-18(26)12-3-5-13(22)6-4-12/h3-9,16-17,20-21H,1-2H3/t16-,17-,20+,21+/m0/s1. The number of carbonyl (C=O) groups excluding carboxylic acids is 3. The molecule has 3 rings (SSSR count). The molecule has 1 aliphatic rings. The van der Waals surface area contributed by atoms with Crippen molar-refractivity contribution < 1.29 is 33.0 Å². The van der Waals surface area contributed by atoms with Crippen molar-refractivity contribution in [1.29, 1.82) is 0 Å². The molecule has 164 valence electrons. The summed E-state index contributed by atoms with van der Waals surface area (Å²) in [7, 11) is 0. The molecular formula is C21H17Cl2FO6S. The van der Waals surface area contributed by atoms with Crippen LogP contribution in [0.15, 0.2) is 42.5 Å². The molecule has 31 heavy (non-hydrogen) atoms. The first-order valence-corrected chi connectivity index (χ1v) is 10.8. The Hall–Kier alpha value is -2.29. The maximum Gasteiger partial charge on any atom is 0.339 e. The van der Waals surface area contributed by atoms with Crippen LogP contribution in [0.4, 0.5) is 4.39 Å². The third kappa shape index (κ3) is 5.70. The molecule has 4 atom stereocenters. The van der Waals surface area contributed by atoms with Crippen LogP contribution in [0.2, 0.25) is 10.0 Å². The lowest BCUT2D eigenvalue weighted by molar-refractivity contribution is -0.145. The van der Waals surface area contributed by atoms with E-state index in [4.69, 9.17) is 37.4 Å². The summed E-state index contributed by atoms with van der Waals surface area (Å²) in [5.41, 5.74) is -1.62.